The van der Waals surface area contributed by atoms with Gasteiger partial charge in [-0.3, -0.25) is 9.59 Å². The molecule has 1 amide bonds. The average Bonchev–Trinajstić information content (AvgIpc) is 2.38. The van der Waals surface area contributed by atoms with Crippen LogP contribution in [0.3, 0.4) is 0 Å². The summed E-state index contributed by atoms with van der Waals surface area (Å²) in [5.74, 6) is -0.855. The summed E-state index contributed by atoms with van der Waals surface area (Å²) in [5.41, 5.74) is 0.428. The molecule has 2 unspecified atom stereocenters. The van der Waals surface area contributed by atoms with E-state index in [1.807, 2.05) is 0 Å². The van der Waals surface area contributed by atoms with Gasteiger partial charge in [0.1, 0.15) is 12.0 Å². The van der Waals surface area contributed by atoms with Gasteiger partial charge in [-0.2, -0.15) is 0 Å². The Morgan fingerprint density at radius 1 is 1.39 bits per heavy atom. The number of rotatable bonds is 3. The number of nitrogens with zero attached hydrogens (tertiary/aromatic N) is 1. The van der Waals surface area contributed by atoms with Crippen LogP contribution in [0.5, 0.6) is 0 Å². The number of likely N-dealkylation sites (tertiary alicyclic amines) is 1. The first kappa shape index (κ1) is 12.7. The van der Waals surface area contributed by atoms with E-state index in [0.717, 1.165) is 4.90 Å². The normalized spacial score (nSPS) is 23.8. The lowest BCUT2D eigenvalue weighted by molar-refractivity contribution is 0.00273. The fourth-order valence-corrected chi connectivity index (χ4v) is 2.14. The Morgan fingerprint density at radius 3 is 2.61 bits per heavy atom. The van der Waals surface area contributed by atoms with Gasteiger partial charge in [0.25, 0.3) is 0 Å². The fourth-order valence-electron chi connectivity index (χ4n) is 2.14. The third-order valence-corrected chi connectivity index (χ3v) is 3.19. The number of hydrogen-bond donors (Lipinski definition) is 1. The van der Waals surface area contributed by atoms with Crippen LogP contribution in [0.15, 0.2) is 24.3 Å². The maximum Gasteiger partial charge on any atom is 0.314 e. The highest BCUT2D eigenvalue weighted by molar-refractivity contribution is 5.97. The summed E-state index contributed by atoms with van der Waals surface area (Å²) in [4.78, 5) is 23.7. The number of hydrogen-bond acceptors (Lipinski definition) is 3. The first-order valence-electron chi connectivity index (χ1n) is 5.74. The van der Waals surface area contributed by atoms with Crippen molar-refractivity contribution in [1.29, 1.82) is 0 Å². The molecule has 4 nitrogen and oxygen atoms in total. The molecular weight excluding hydrogens is 237 g/mol. The number of ketones is 1. The summed E-state index contributed by atoms with van der Waals surface area (Å²) < 4.78 is 12.8. The van der Waals surface area contributed by atoms with Crippen molar-refractivity contribution >= 4 is 12.2 Å². The number of amides is 1. The highest BCUT2D eigenvalue weighted by Gasteiger charge is 2.31. The molecular formula is C13H13FNO3. The van der Waals surface area contributed by atoms with Gasteiger partial charge in [-0.05, 0) is 30.7 Å². The molecule has 1 aromatic carbocycles. The molecule has 0 aliphatic carbocycles. The van der Waals surface area contributed by atoms with Gasteiger partial charge in [-0.15, -0.1) is 0 Å². The zero-order chi connectivity index (χ0) is 13.1. The molecule has 5 heteroatoms. The van der Waals surface area contributed by atoms with Crippen molar-refractivity contribution in [2.24, 2.45) is 5.92 Å². The number of carbonyl (C=O) groups is 1. The molecule has 2 rings (SSSR count). The highest BCUT2D eigenvalue weighted by Crippen LogP contribution is 2.24. The summed E-state index contributed by atoms with van der Waals surface area (Å²) in [6.45, 7) is 0.308. The minimum atomic E-state index is -0.967. The number of aliphatic hydroxyl groups excluding tert-OH is 1. The largest absolute Gasteiger partial charge is 0.373 e. The SMILES string of the molecule is O=[C]N1CCC(C(=O)c2ccc(F)cc2)CC1O. The van der Waals surface area contributed by atoms with E-state index in [1.165, 1.54) is 24.3 Å². The van der Waals surface area contributed by atoms with E-state index in [0.29, 0.717) is 18.5 Å². The molecule has 18 heavy (non-hydrogen) atoms. The average molecular weight is 250 g/mol. The Labute approximate surface area is 104 Å². The first-order valence-corrected chi connectivity index (χ1v) is 5.74. The summed E-state index contributed by atoms with van der Waals surface area (Å²) in [6, 6.07) is 5.33. The van der Waals surface area contributed by atoms with E-state index in [1.54, 1.807) is 6.41 Å². The van der Waals surface area contributed by atoms with E-state index in [4.69, 9.17) is 0 Å². The second-order valence-corrected chi connectivity index (χ2v) is 4.36. The molecule has 1 N–H and O–H groups in total. The molecule has 0 saturated carbocycles. The summed E-state index contributed by atoms with van der Waals surface area (Å²) >= 11 is 0. The smallest absolute Gasteiger partial charge is 0.314 e. The maximum atomic E-state index is 12.8. The van der Waals surface area contributed by atoms with Gasteiger partial charge >= 0.3 is 6.41 Å². The van der Waals surface area contributed by atoms with Crippen LogP contribution in [0.2, 0.25) is 0 Å². The molecule has 1 radical (unpaired) electrons. The second kappa shape index (κ2) is 5.27. The molecule has 0 bridgehead atoms. The third kappa shape index (κ3) is 2.56. The van der Waals surface area contributed by atoms with Crippen molar-refractivity contribution in [3.8, 4) is 0 Å². The van der Waals surface area contributed by atoms with Crippen molar-refractivity contribution in [3.63, 3.8) is 0 Å². The van der Waals surface area contributed by atoms with Crippen LogP contribution in [-0.2, 0) is 4.79 Å². The number of benzene rings is 1. The van der Waals surface area contributed by atoms with Crippen LogP contribution in [0.25, 0.3) is 0 Å². The minimum Gasteiger partial charge on any atom is -0.373 e. The van der Waals surface area contributed by atoms with Crippen LogP contribution in [0.4, 0.5) is 4.39 Å². The lowest BCUT2D eigenvalue weighted by atomic mass is 9.88. The van der Waals surface area contributed by atoms with Crippen molar-refractivity contribution in [3.05, 3.63) is 35.6 Å². The van der Waals surface area contributed by atoms with Crippen molar-refractivity contribution in [2.45, 2.75) is 19.1 Å². The Morgan fingerprint density at radius 2 is 2.06 bits per heavy atom. The van der Waals surface area contributed by atoms with Crippen molar-refractivity contribution in [2.75, 3.05) is 6.54 Å². The summed E-state index contributed by atoms with van der Waals surface area (Å²) in [7, 11) is 0. The molecule has 0 aromatic heterocycles. The lowest BCUT2D eigenvalue weighted by Gasteiger charge is -2.32. The Bertz CT molecular complexity index is 446. The zero-order valence-electron chi connectivity index (χ0n) is 9.67. The molecule has 1 aliphatic rings. The van der Waals surface area contributed by atoms with Gasteiger partial charge in [0, 0.05) is 24.4 Å². The molecule has 1 fully saturated rings. The van der Waals surface area contributed by atoms with Crippen LogP contribution in [0.1, 0.15) is 23.2 Å². The van der Waals surface area contributed by atoms with Gasteiger partial charge in [0.15, 0.2) is 5.78 Å². The van der Waals surface area contributed by atoms with Gasteiger partial charge in [0.2, 0.25) is 0 Å². The second-order valence-electron chi connectivity index (χ2n) is 4.36. The Kier molecular flexibility index (Phi) is 3.72. The number of halogens is 1. The lowest BCUT2D eigenvalue weighted by Crippen LogP contribution is -2.43. The third-order valence-electron chi connectivity index (χ3n) is 3.19. The van der Waals surface area contributed by atoms with Gasteiger partial charge in [0.05, 0.1) is 0 Å². The van der Waals surface area contributed by atoms with E-state index in [2.05, 4.69) is 0 Å². The van der Waals surface area contributed by atoms with Gasteiger partial charge in [-0.1, -0.05) is 0 Å². The van der Waals surface area contributed by atoms with Gasteiger partial charge in [-0.25, -0.2) is 4.39 Å². The maximum absolute atomic E-state index is 12.8. The van der Waals surface area contributed by atoms with Crippen molar-refractivity contribution in [1.82, 2.24) is 4.90 Å². The van der Waals surface area contributed by atoms with E-state index >= 15 is 0 Å². The molecule has 1 saturated heterocycles. The number of carbonyl (C=O) groups excluding carboxylic acids is 2. The predicted molar refractivity (Wildman–Crippen MR) is 61.9 cm³/mol. The fraction of sp³-hybridized carbons (Fsp3) is 0.385. The first-order chi connectivity index (χ1) is 8.61. The minimum absolute atomic E-state index is 0.125. The molecule has 1 heterocycles. The number of piperidine rings is 1. The quantitative estimate of drug-likeness (QED) is 0.817. The molecule has 1 aromatic rings. The van der Waals surface area contributed by atoms with E-state index in [9.17, 15) is 19.1 Å². The number of aliphatic hydroxyl groups is 1. The zero-order valence-corrected chi connectivity index (χ0v) is 9.67. The molecule has 0 spiro atoms. The van der Waals surface area contributed by atoms with Gasteiger partial charge < -0.3 is 10.0 Å². The van der Waals surface area contributed by atoms with Crippen LogP contribution >= 0.6 is 0 Å². The monoisotopic (exact) mass is 250 g/mol. The molecule has 1 aliphatic heterocycles. The van der Waals surface area contributed by atoms with Crippen LogP contribution in [0, 0.1) is 11.7 Å². The number of Topliss-reactive ketones (excluding diaryl/α,β-unsaturated/α-hetero) is 1. The standard InChI is InChI=1S/C13H13FNO3/c14-11-3-1-9(2-4-11)13(18)10-5-6-15(8-16)12(17)7-10/h1-4,10,12,17H,5-7H2. The van der Waals surface area contributed by atoms with Crippen LogP contribution < -0.4 is 0 Å². The predicted octanol–water partition coefficient (Wildman–Crippen LogP) is 1.11. The highest BCUT2D eigenvalue weighted by atomic mass is 19.1. The van der Waals surface area contributed by atoms with Crippen LogP contribution in [-0.4, -0.2) is 35.0 Å². The van der Waals surface area contributed by atoms with Crippen molar-refractivity contribution < 1.29 is 19.1 Å². The Balaban J connectivity index is 2.06. The molecule has 2 atom stereocenters. The van der Waals surface area contributed by atoms with E-state index in [-0.39, 0.29) is 18.1 Å². The summed E-state index contributed by atoms with van der Waals surface area (Å²) in [5, 5.41) is 9.63. The topological polar surface area (TPSA) is 57.6 Å². The summed E-state index contributed by atoms with van der Waals surface area (Å²) in [6.07, 6.45) is 1.35. The molecule has 95 valence electrons. The van der Waals surface area contributed by atoms with E-state index < -0.39 is 12.0 Å². The Hall–Kier alpha value is -1.75.